The van der Waals surface area contributed by atoms with Crippen LogP contribution in [-0.2, 0) is 0 Å². The first-order valence-corrected chi connectivity index (χ1v) is 7.42. The Kier molecular flexibility index (Phi) is 3.80. The van der Waals surface area contributed by atoms with E-state index in [1.54, 1.807) is 0 Å². The summed E-state index contributed by atoms with van der Waals surface area (Å²) in [5.41, 5.74) is 10.5. The SMILES string of the molecule is CNC1CCN(c2cc(N)nc(-c3cccc(C)c3)c2)C1. The number of benzene rings is 1. The van der Waals surface area contributed by atoms with Gasteiger partial charge in [0.2, 0.25) is 0 Å². The number of nitrogens with one attached hydrogen (secondary N) is 1. The van der Waals surface area contributed by atoms with Crippen molar-refractivity contribution in [2.24, 2.45) is 0 Å². The van der Waals surface area contributed by atoms with Gasteiger partial charge in [-0.1, -0.05) is 23.8 Å². The maximum absolute atomic E-state index is 6.02. The normalized spacial score (nSPS) is 18.2. The third-order valence-electron chi connectivity index (χ3n) is 4.11. The van der Waals surface area contributed by atoms with Gasteiger partial charge in [0.1, 0.15) is 5.82 Å². The van der Waals surface area contributed by atoms with E-state index in [4.69, 9.17) is 5.73 Å². The summed E-state index contributed by atoms with van der Waals surface area (Å²) < 4.78 is 0. The highest BCUT2D eigenvalue weighted by molar-refractivity contribution is 5.68. The predicted octanol–water partition coefficient (Wildman–Crippen LogP) is 2.44. The molecule has 3 N–H and O–H groups in total. The number of aryl methyl sites for hydroxylation is 1. The number of nitrogens with two attached hydrogens (primary N) is 1. The molecule has 1 aliphatic heterocycles. The quantitative estimate of drug-likeness (QED) is 0.908. The number of nitrogens with zero attached hydrogens (tertiary/aromatic N) is 2. The highest BCUT2D eigenvalue weighted by atomic mass is 15.2. The van der Waals surface area contributed by atoms with Gasteiger partial charge >= 0.3 is 0 Å². The Hall–Kier alpha value is -2.07. The number of anilines is 2. The predicted molar refractivity (Wildman–Crippen MR) is 88.5 cm³/mol. The first kappa shape index (κ1) is 13.9. The van der Waals surface area contributed by atoms with Crippen molar-refractivity contribution in [3.8, 4) is 11.3 Å². The Morgan fingerprint density at radius 1 is 1.29 bits per heavy atom. The Balaban J connectivity index is 1.93. The van der Waals surface area contributed by atoms with Crippen LogP contribution in [0.5, 0.6) is 0 Å². The summed E-state index contributed by atoms with van der Waals surface area (Å²) in [5, 5.41) is 3.34. The van der Waals surface area contributed by atoms with Crippen LogP contribution >= 0.6 is 0 Å². The Morgan fingerprint density at radius 3 is 2.86 bits per heavy atom. The monoisotopic (exact) mass is 282 g/mol. The summed E-state index contributed by atoms with van der Waals surface area (Å²) in [5.74, 6) is 0.580. The summed E-state index contributed by atoms with van der Waals surface area (Å²) >= 11 is 0. The molecular weight excluding hydrogens is 260 g/mol. The Labute approximate surface area is 126 Å². The van der Waals surface area contributed by atoms with Crippen molar-refractivity contribution in [1.82, 2.24) is 10.3 Å². The summed E-state index contributed by atoms with van der Waals surface area (Å²) in [7, 11) is 2.02. The van der Waals surface area contributed by atoms with Crippen molar-refractivity contribution >= 4 is 11.5 Å². The third-order valence-corrected chi connectivity index (χ3v) is 4.11. The lowest BCUT2D eigenvalue weighted by Crippen LogP contribution is -2.29. The van der Waals surface area contributed by atoms with E-state index < -0.39 is 0 Å². The number of nitrogen functional groups attached to an aromatic ring is 1. The molecule has 1 aromatic heterocycles. The maximum atomic E-state index is 6.02. The molecule has 2 heterocycles. The molecule has 1 atom stereocenters. The number of aromatic nitrogens is 1. The van der Waals surface area contributed by atoms with Gasteiger partial charge in [0.25, 0.3) is 0 Å². The number of likely N-dealkylation sites (N-methyl/N-ethyl adjacent to an activating group) is 1. The fraction of sp³-hybridized carbons (Fsp3) is 0.353. The minimum absolute atomic E-state index is 0.557. The van der Waals surface area contributed by atoms with Gasteiger partial charge in [-0.3, -0.25) is 0 Å². The number of rotatable bonds is 3. The molecule has 0 saturated carbocycles. The molecule has 4 nitrogen and oxygen atoms in total. The first-order valence-electron chi connectivity index (χ1n) is 7.42. The van der Waals surface area contributed by atoms with E-state index in [-0.39, 0.29) is 0 Å². The van der Waals surface area contributed by atoms with Gasteiger partial charge in [0.15, 0.2) is 0 Å². The molecule has 2 aromatic rings. The van der Waals surface area contributed by atoms with Crippen LogP contribution < -0.4 is 16.0 Å². The highest BCUT2D eigenvalue weighted by Crippen LogP contribution is 2.28. The molecule has 4 heteroatoms. The molecule has 1 unspecified atom stereocenters. The highest BCUT2D eigenvalue weighted by Gasteiger charge is 2.21. The minimum atomic E-state index is 0.557. The van der Waals surface area contributed by atoms with Crippen LogP contribution in [0.3, 0.4) is 0 Å². The molecule has 21 heavy (non-hydrogen) atoms. The maximum Gasteiger partial charge on any atom is 0.126 e. The van der Waals surface area contributed by atoms with Gasteiger partial charge in [-0.05, 0) is 32.5 Å². The molecular formula is C17H22N4. The van der Waals surface area contributed by atoms with E-state index in [2.05, 4.69) is 52.5 Å². The molecule has 1 aromatic carbocycles. The molecule has 0 bridgehead atoms. The van der Waals surface area contributed by atoms with Crippen LogP contribution in [0.4, 0.5) is 11.5 Å². The molecule has 1 fully saturated rings. The largest absolute Gasteiger partial charge is 0.384 e. The summed E-state index contributed by atoms with van der Waals surface area (Å²) in [6.45, 7) is 4.17. The second-order valence-electron chi connectivity index (χ2n) is 5.73. The van der Waals surface area contributed by atoms with Gasteiger partial charge < -0.3 is 16.0 Å². The lowest BCUT2D eigenvalue weighted by Gasteiger charge is -2.20. The standard InChI is InChI=1S/C17H22N4/c1-12-4-3-5-13(8-12)16-9-15(10-17(18)20-16)21-7-6-14(11-21)19-2/h3-5,8-10,14,19H,6-7,11H2,1-2H3,(H2,18,20). The van der Waals surface area contributed by atoms with E-state index in [0.29, 0.717) is 11.9 Å². The first-order chi connectivity index (χ1) is 10.2. The van der Waals surface area contributed by atoms with Crippen LogP contribution in [0.1, 0.15) is 12.0 Å². The van der Waals surface area contributed by atoms with Gasteiger partial charge in [0, 0.05) is 36.4 Å². The number of hydrogen-bond donors (Lipinski definition) is 2. The topological polar surface area (TPSA) is 54.2 Å². The fourth-order valence-electron chi connectivity index (χ4n) is 2.90. The van der Waals surface area contributed by atoms with E-state index in [1.165, 1.54) is 12.0 Å². The van der Waals surface area contributed by atoms with E-state index in [9.17, 15) is 0 Å². The van der Waals surface area contributed by atoms with E-state index in [0.717, 1.165) is 30.0 Å². The second kappa shape index (κ2) is 5.74. The molecule has 0 amide bonds. The van der Waals surface area contributed by atoms with Gasteiger partial charge in [-0.2, -0.15) is 0 Å². The van der Waals surface area contributed by atoms with Crippen molar-refractivity contribution < 1.29 is 0 Å². The molecule has 0 spiro atoms. The average Bonchev–Trinajstić information content (AvgIpc) is 2.95. The summed E-state index contributed by atoms with van der Waals surface area (Å²) in [6.07, 6.45) is 1.17. The number of pyridine rings is 1. The lowest BCUT2D eigenvalue weighted by molar-refractivity contribution is 0.617. The van der Waals surface area contributed by atoms with Gasteiger partial charge in [0.05, 0.1) is 5.69 Å². The van der Waals surface area contributed by atoms with Crippen molar-refractivity contribution in [2.75, 3.05) is 30.8 Å². The second-order valence-corrected chi connectivity index (χ2v) is 5.73. The van der Waals surface area contributed by atoms with Crippen molar-refractivity contribution in [1.29, 1.82) is 0 Å². The molecule has 0 aliphatic carbocycles. The Morgan fingerprint density at radius 2 is 2.14 bits per heavy atom. The van der Waals surface area contributed by atoms with Crippen LogP contribution in [0, 0.1) is 6.92 Å². The van der Waals surface area contributed by atoms with Gasteiger partial charge in [-0.25, -0.2) is 4.98 Å². The van der Waals surface area contributed by atoms with Crippen LogP contribution in [0.15, 0.2) is 36.4 Å². The Bertz CT molecular complexity index is 638. The van der Waals surface area contributed by atoms with Crippen molar-refractivity contribution in [3.05, 3.63) is 42.0 Å². The zero-order valence-corrected chi connectivity index (χ0v) is 12.6. The smallest absolute Gasteiger partial charge is 0.126 e. The number of hydrogen-bond acceptors (Lipinski definition) is 4. The average molecular weight is 282 g/mol. The van der Waals surface area contributed by atoms with Crippen LogP contribution in [0.25, 0.3) is 11.3 Å². The third kappa shape index (κ3) is 3.00. The zero-order valence-electron chi connectivity index (χ0n) is 12.6. The summed E-state index contributed by atoms with van der Waals surface area (Å²) in [6, 6.07) is 13.0. The molecule has 0 radical (unpaired) electrons. The van der Waals surface area contributed by atoms with Crippen molar-refractivity contribution in [3.63, 3.8) is 0 Å². The molecule has 110 valence electrons. The van der Waals surface area contributed by atoms with Crippen LogP contribution in [-0.4, -0.2) is 31.2 Å². The zero-order chi connectivity index (χ0) is 14.8. The van der Waals surface area contributed by atoms with Crippen molar-refractivity contribution in [2.45, 2.75) is 19.4 Å². The minimum Gasteiger partial charge on any atom is -0.384 e. The van der Waals surface area contributed by atoms with Crippen LogP contribution in [0.2, 0.25) is 0 Å². The van der Waals surface area contributed by atoms with E-state index in [1.807, 2.05) is 13.1 Å². The molecule has 1 aliphatic rings. The lowest BCUT2D eigenvalue weighted by atomic mass is 10.1. The molecule has 3 rings (SSSR count). The van der Waals surface area contributed by atoms with E-state index >= 15 is 0 Å². The fourth-order valence-corrected chi connectivity index (χ4v) is 2.90. The van der Waals surface area contributed by atoms with Gasteiger partial charge in [-0.15, -0.1) is 0 Å². The summed E-state index contributed by atoms with van der Waals surface area (Å²) in [4.78, 5) is 6.86. The molecule has 1 saturated heterocycles.